The molecule has 0 saturated carbocycles. The van der Waals surface area contributed by atoms with Crippen molar-refractivity contribution in [2.75, 3.05) is 5.73 Å². The fourth-order valence-electron chi connectivity index (χ4n) is 0.679. The van der Waals surface area contributed by atoms with Gasteiger partial charge >= 0.3 is 0 Å². The fraction of sp³-hybridized carbons (Fsp3) is 0.167. The van der Waals surface area contributed by atoms with E-state index in [-0.39, 0.29) is 3.70 Å². The lowest BCUT2D eigenvalue weighted by atomic mass is 10.3. The molecule has 0 radical (unpaired) electrons. The van der Waals surface area contributed by atoms with Gasteiger partial charge in [0.15, 0.2) is 5.82 Å². The molecule has 0 amide bonds. The van der Waals surface area contributed by atoms with E-state index in [1.165, 1.54) is 0 Å². The van der Waals surface area contributed by atoms with Gasteiger partial charge in [-0.15, -0.1) is 0 Å². The Hall–Kier alpha value is -0.530. The van der Waals surface area contributed by atoms with E-state index in [2.05, 4.69) is 4.98 Å². The quantitative estimate of drug-likeness (QED) is 0.636. The van der Waals surface area contributed by atoms with Crippen LogP contribution < -0.4 is 5.73 Å². The van der Waals surface area contributed by atoms with Crippen LogP contribution in [0.4, 0.5) is 18.9 Å². The zero-order valence-corrected chi connectivity index (χ0v) is 7.85. The summed E-state index contributed by atoms with van der Waals surface area (Å²) in [6, 6.07) is 1.00. The lowest BCUT2D eigenvalue weighted by Crippen LogP contribution is -2.03. The average Bonchev–Trinajstić information content (AvgIpc) is 1.96. The molecule has 0 spiro atoms. The van der Waals surface area contributed by atoms with Gasteiger partial charge in [0, 0.05) is 6.07 Å². The van der Waals surface area contributed by atoms with Crippen LogP contribution in [0.5, 0.6) is 0 Å². The molecule has 0 unspecified atom stereocenters. The smallest absolute Gasteiger partial charge is 0.282 e. The molecule has 0 bridgehead atoms. The summed E-state index contributed by atoms with van der Waals surface area (Å²) < 4.78 is 37.0. The Labute approximate surface area is 80.1 Å². The van der Waals surface area contributed by atoms with Crippen LogP contribution in [0.3, 0.4) is 0 Å². The van der Waals surface area contributed by atoms with Crippen molar-refractivity contribution in [3.63, 3.8) is 0 Å². The first-order valence-corrected chi connectivity index (χ1v) is 4.00. The number of halogens is 4. The van der Waals surface area contributed by atoms with Crippen LogP contribution in [0, 0.1) is 9.52 Å². The molecule has 0 fully saturated rings. The van der Waals surface area contributed by atoms with E-state index in [9.17, 15) is 13.2 Å². The van der Waals surface area contributed by atoms with Crippen LogP contribution in [-0.2, 0) is 0 Å². The summed E-state index contributed by atoms with van der Waals surface area (Å²) in [5.41, 5.74) is 3.76. The molecular weight excluding hydrogens is 284 g/mol. The van der Waals surface area contributed by atoms with Crippen molar-refractivity contribution in [1.29, 1.82) is 0 Å². The standard InChI is InChI=1S/C6H4F3IN2/c7-2-1-3(10)12-5(4(2)11)6(8)9/h1,6H,11H2. The molecule has 0 atom stereocenters. The minimum atomic E-state index is -2.84. The highest BCUT2D eigenvalue weighted by molar-refractivity contribution is 14.1. The molecule has 1 rings (SSSR count). The Morgan fingerprint density at radius 2 is 2.08 bits per heavy atom. The summed E-state index contributed by atoms with van der Waals surface area (Å²) in [4.78, 5) is 3.40. The van der Waals surface area contributed by atoms with Crippen molar-refractivity contribution < 1.29 is 13.2 Å². The second-order valence-corrected chi connectivity index (χ2v) is 3.13. The predicted octanol–water partition coefficient (Wildman–Crippen LogP) is 2.35. The van der Waals surface area contributed by atoms with Crippen molar-refractivity contribution in [3.05, 3.63) is 21.3 Å². The van der Waals surface area contributed by atoms with Crippen LogP contribution >= 0.6 is 22.6 Å². The highest BCUT2D eigenvalue weighted by atomic mass is 127. The molecule has 0 aromatic carbocycles. The van der Waals surface area contributed by atoms with E-state index >= 15 is 0 Å². The van der Waals surface area contributed by atoms with Gasteiger partial charge in [0.25, 0.3) is 6.43 Å². The molecule has 1 heterocycles. The Morgan fingerprint density at radius 3 is 2.58 bits per heavy atom. The number of alkyl halides is 2. The number of nitrogens with two attached hydrogens (primary N) is 1. The zero-order valence-electron chi connectivity index (χ0n) is 5.69. The SMILES string of the molecule is Nc1c(F)cc(I)nc1C(F)F. The van der Waals surface area contributed by atoms with Crippen LogP contribution in [0.1, 0.15) is 12.1 Å². The van der Waals surface area contributed by atoms with E-state index in [0.29, 0.717) is 0 Å². The molecule has 0 aliphatic heterocycles. The van der Waals surface area contributed by atoms with Gasteiger partial charge in [0.1, 0.15) is 9.39 Å². The molecule has 12 heavy (non-hydrogen) atoms. The summed E-state index contributed by atoms with van der Waals surface area (Å²) in [5, 5.41) is 0. The van der Waals surface area contributed by atoms with Gasteiger partial charge in [-0.05, 0) is 22.6 Å². The first-order chi connectivity index (χ1) is 5.52. The number of hydrogen-bond donors (Lipinski definition) is 1. The first-order valence-electron chi connectivity index (χ1n) is 2.92. The highest BCUT2D eigenvalue weighted by Gasteiger charge is 2.17. The molecule has 0 saturated heterocycles. The van der Waals surface area contributed by atoms with Crippen LogP contribution in [-0.4, -0.2) is 4.98 Å². The summed E-state index contributed by atoms with van der Waals surface area (Å²) in [6.07, 6.45) is -2.84. The second kappa shape index (κ2) is 3.46. The van der Waals surface area contributed by atoms with E-state index in [4.69, 9.17) is 5.73 Å². The predicted molar refractivity (Wildman–Crippen MR) is 46.3 cm³/mol. The van der Waals surface area contributed by atoms with Crippen LogP contribution in [0.15, 0.2) is 6.07 Å². The van der Waals surface area contributed by atoms with E-state index in [1.807, 2.05) is 0 Å². The normalized spacial score (nSPS) is 10.8. The number of aromatic nitrogens is 1. The maximum absolute atomic E-state index is 12.7. The van der Waals surface area contributed by atoms with Crippen molar-refractivity contribution in [2.45, 2.75) is 6.43 Å². The summed E-state index contributed by atoms with van der Waals surface area (Å²) >= 11 is 1.64. The van der Waals surface area contributed by atoms with Gasteiger partial charge in [-0.2, -0.15) is 0 Å². The van der Waals surface area contributed by atoms with E-state index in [1.54, 1.807) is 22.6 Å². The summed E-state index contributed by atoms with van der Waals surface area (Å²) in [7, 11) is 0. The Morgan fingerprint density at radius 1 is 1.50 bits per heavy atom. The number of nitrogens with zero attached hydrogens (tertiary/aromatic N) is 1. The number of nitrogen functional groups attached to an aromatic ring is 1. The minimum Gasteiger partial charge on any atom is -0.395 e. The Balaban J connectivity index is 3.28. The average molecular weight is 288 g/mol. The topological polar surface area (TPSA) is 38.9 Å². The van der Waals surface area contributed by atoms with Gasteiger partial charge in [-0.3, -0.25) is 0 Å². The number of pyridine rings is 1. The maximum Gasteiger partial charge on any atom is 0.282 e. The number of rotatable bonds is 1. The number of hydrogen-bond acceptors (Lipinski definition) is 2. The van der Waals surface area contributed by atoms with Crippen molar-refractivity contribution in [2.24, 2.45) is 0 Å². The molecule has 0 aliphatic rings. The second-order valence-electron chi connectivity index (χ2n) is 2.03. The third-order valence-corrected chi connectivity index (χ3v) is 1.77. The van der Waals surface area contributed by atoms with Crippen LogP contribution in [0.25, 0.3) is 0 Å². The summed E-state index contributed by atoms with van der Waals surface area (Å²) in [6.45, 7) is 0. The lowest BCUT2D eigenvalue weighted by molar-refractivity contribution is 0.146. The molecule has 6 heteroatoms. The van der Waals surface area contributed by atoms with Gasteiger partial charge in [-0.25, -0.2) is 18.2 Å². The fourth-order valence-corrected chi connectivity index (χ4v) is 1.21. The first kappa shape index (κ1) is 9.56. The molecule has 66 valence electrons. The van der Waals surface area contributed by atoms with Gasteiger partial charge in [-0.1, -0.05) is 0 Å². The van der Waals surface area contributed by atoms with E-state index in [0.717, 1.165) is 6.07 Å². The molecule has 2 nitrogen and oxygen atoms in total. The molecule has 1 aromatic rings. The van der Waals surface area contributed by atoms with Crippen LogP contribution in [0.2, 0.25) is 0 Å². The van der Waals surface area contributed by atoms with Crippen molar-refractivity contribution in [1.82, 2.24) is 4.98 Å². The Bertz CT molecular complexity index is 303. The zero-order chi connectivity index (χ0) is 9.30. The lowest BCUT2D eigenvalue weighted by Gasteiger charge is -2.04. The maximum atomic E-state index is 12.7. The minimum absolute atomic E-state index is 0.162. The van der Waals surface area contributed by atoms with Gasteiger partial charge in [0.05, 0.1) is 5.69 Å². The Kier molecular flexibility index (Phi) is 2.76. The van der Waals surface area contributed by atoms with Gasteiger partial charge in [0.2, 0.25) is 0 Å². The third kappa shape index (κ3) is 1.79. The molecule has 1 aromatic heterocycles. The highest BCUT2D eigenvalue weighted by Crippen LogP contribution is 2.25. The molecular formula is C6H4F3IN2. The largest absolute Gasteiger partial charge is 0.395 e. The monoisotopic (exact) mass is 288 g/mol. The van der Waals surface area contributed by atoms with Crippen molar-refractivity contribution >= 4 is 28.3 Å². The number of anilines is 1. The molecule has 2 N–H and O–H groups in total. The molecule has 0 aliphatic carbocycles. The van der Waals surface area contributed by atoms with Gasteiger partial charge < -0.3 is 5.73 Å². The third-order valence-electron chi connectivity index (χ3n) is 1.21. The summed E-state index contributed by atoms with van der Waals surface area (Å²) in [5.74, 6) is -0.857. The van der Waals surface area contributed by atoms with Crippen molar-refractivity contribution in [3.8, 4) is 0 Å². The van der Waals surface area contributed by atoms with E-state index < -0.39 is 23.6 Å².